The van der Waals surface area contributed by atoms with Crippen molar-refractivity contribution in [2.45, 2.75) is 55.8 Å². The highest BCUT2D eigenvalue weighted by Crippen LogP contribution is 2.57. The number of nitrogens with zero attached hydrogens (tertiary/aromatic N) is 1. The summed E-state index contributed by atoms with van der Waals surface area (Å²) >= 11 is 0. The van der Waals surface area contributed by atoms with E-state index in [0.29, 0.717) is 17.6 Å². The first-order valence-corrected chi connectivity index (χ1v) is 13.3. The van der Waals surface area contributed by atoms with Gasteiger partial charge in [-0.05, 0) is 55.5 Å². The Labute approximate surface area is 201 Å². The molecule has 1 aromatic rings. The maximum absolute atomic E-state index is 14.0. The van der Waals surface area contributed by atoms with E-state index in [-0.39, 0.29) is 25.9 Å². The summed E-state index contributed by atoms with van der Waals surface area (Å²) in [5, 5.41) is 9.78. The van der Waals surface area contributed by atoms with Gasteiger partial charge in [-0.25, -0.2) is 8.42 Å². The number of piperidine rings is 1. The summed E-state index contributed by atoms with van der Waals surface area (Å²) in [6.07, 6.45) is -7.41. The summed E-state index contributed by atoms with van der Waals surface area (Å²) in [6.45, 7) is 1.18. The van der Waals surface area contributed by atoms with Crippen molar-refractivity contribution in [3.05, 3.63) is 53.6 Å². The summed E-state index contributed by atoms with van der Waals surface area (Å²) in [6, 6.07) is 7.11. The van der Waals surface area contributed by atoms with Gasteiger partial charge in [0.15, 0.2) is 0 Å². The van der Waals surface area contributed by atoms with Crippen LogP contribution in [-0.4, -0.2) is 67.5 Å². The molecule has 0 saturated carbocycles. The van der Waals surface area contributed by atoms with E-state index in [1.807, 2.05) is 13.0 Å². The van der Waals surface area contributed by atoms with Gasteiger partial charge in [-0.2, -0.15) is 26.3 Å². The van der Waals surface area contributed by atoms with E-state index in [0.717, 1.165) is 17.9 Å². The largest absolute Gasteiger partial charge is 0.427 e. The Bertz CT molecular complexity index is 1070. The number of hydrogen-bond acceptors (Lipinski definition) is 4. The zero-order valence-corrected chi connectivity index (χ0v) is 20.3. The van der Waals surface area contributed by atoms with Crippen molar-refractivity contribution in [1.82, 2.24) is 4.90 Å². The monoisotopic (exact) mass is 525 g/mol. The molecule has 0 bridgehead atoms. The number of likely N-dealkylation sites (tertiary alicyclic amines) is 1. The van der Waals surface area contributed by atoms with E-state index in [1.165, 1.54) is 17.1 Å². The van der Waals surface area contributed by atoms with E-state index < -0.39 is 51.4 Å². The molecule has 0 spiro atoms. The summed E-state index contributed by atoms with van der Waals surface area (Å²) in [7, 11) is -3.38. The van der Waals surface area contributed by atoms with Gasteiger partial charge in [-0.3, -0.25) is 0 Å². The molecule has 1 aromatic carbocycles. The van der Waals surface area contributed by atoms with Crippen LogP contribution in [0.25, 0.3) is 5.57 Å². The van der Waals surface area contributed by atoms with Crippen LogP contribution in [0.1, 0.15) is 37.3 Å². The Morgan fingerprint density at radius 1 is 1.06 bits per heavy atom. The Hall–Kier alpha value is -1.85. The maximum atomic E-state index is 14.0. The summed E-state index contributed by atoms with van der Waals surface area (Å²) in [4.78, 5) is 1.38. The fraction of sp³-hybridized carbons (Fsp3) is 0.583. The van der Waals surface area contributed by atoms with Crippen LogP contribution in [0.4, 0.5) is 26.3 Å². The number of aliphatic hydroxyl groups is 1. The smallest absolute Gasteiger partial charge is 0.373 e. The van der Waals surface area contributed by atoms with Gasteiger partial charge in [0.05, 0.1) is 10.7 Å². The first-order chi connectivity index (χ1) is 16.1. The highest BCUT2D eigenvalue weighted by Gasteiger charge is 2.78. The third kappa shape index (κ3) is 5.17. The minimum absolute atomic E-state index is 0.00829. The lowest BCUT2D eigenvalue weighted by atomic mass is 9.65. The molecule has 0 radical (unpaired) electrons. The van der Waals surface area contributed by atoms with E-state index >= 15 is 0 Å². The van der Waals surface area contributed by atoms with Crippen LogP contribution in [0.5, 0.6) is 0 Å². The topological polar surface area (TPSA) is 57.6 Å². The normalized spacial score (nSPS) is 23.4. The number of aryl methyl sites for hydroxylation is 1. The molecule has 1 unspecified atom stereocenters. The zero-order valence-electron chi connectivity index (χ0n) is 19.5. The number of sulfone groups is 1. The summed E-state index contributed by atoms with van der Waals surface area (Å²) in [5.41, 5.74) is -5.66. The van der Waals surface area contributed by atoms with Gasteiger partial charge in [0.2, 0.25) is 0 Å². The highest BCUT2D eigenvalue weighted by atomic mass is 32.2. The van der Waals surface area contributed by atoms with Crippen molar-refractivity contribution in [1.29, 1.82) is 0 Å². The first kappa shape index (κ1) is 27.7. The number of rotatable bonds is 6. The quantitative estimate of drug-likeness (QED) is 0.535. The molecular weight excluding hydrogens is 496 g/mol. The van der Waals surface area contributed by atoms with Crippen LogP contribution < -0.4 is 0 Å². The number of alkyl halides is 6. The van der Waals surface area contributed by atoms with Gasteiger partial charge in [0.25, 0.3) is 5.60 Å². The van der Waals surface area contributed by atoms with Gasteiger partial charge in [-0.1, -0.05) is 49.4 Å². The second kappa shape index (κ2) is 9.55. The Morgan fingerprint density at radius 2 is 1.63 bits per heavy atom. The predicted molar refractivity (Wildman–Crippen MR) is 121 cm³/mol. The predicted octanol–water partition coefficient (Wildman–Crippen LogP) is 4.94. The van der Waals surface area contributed by atoms with Crippen molar-refractivity contribution in [2.24, 2.45) is 5.41 Å². The molecule has 11 heteroatoms. The number of halogens is 6. The Kier molecular flexibility index (Phi) is 7.57. The van der Waals surface area contributed by atoms with Gasteiger partial charge >= 0.3 is 12.4 Å². The van der Waals surface area contributed by atoms with E-state index in [4.69, 9.17) is 0 Å². The number of allylic oxidation sites excluding steroid dienone is 3. The molecule has 3 rings (SSSR count). The third-order valence-electron chi connectivity index (χ3n) is 7.16. The molecule has 0 aromatic heterocycles. The fourth-order valence-electron chi connectivity index (χ4n) is 5.11. The van der Waals surface area contributed by atoms with Crippen LogP contribution in [0, 0.1) is 5.41 Å². The van der Waals surface area contributed by atoms with Crippen molar-refractivity contribution >= 4 is 15.4 Å². The molecule has 196 valence electrons. The van der Waals surface area contributed by atoms with Crippen LogP contribution in [-0.2, 0) is 16.3 Å². The van der Waals surface area contributed by atoms with Crippen LogP contribution in [0.3, 0.4) is 0 Å². The molecule has 1 aliphatic heterocycles. The molecule has 4 nitrogen and oxygen atoms in total. The van der Waals surface area contributed by atoms with E-state index in [2.05, 4.69) is 0 Å². The standard InChI is InChI=1S/C24H29F6NO3S/c1-3-17-6-4-5-7-20(17)18-8-12-21(13-9-18,22(32,23(25,26)27)24(28,29)30)16-31-14-10-19(11-15-31)35(2,33)34/h4-9,12,19,32H,3,10-11,13-16H2,1-2H3. The first-order valence-electron chi connectivity index (χ1n) is 11.3. The van der Waals surface area contributed by atoms with Crippen LogP contribution >= 0.6 is 0 Å². The van der Waals surface area contributed by atoms with Crippen LogP contribution in [0.15, 0.2) is 42.5 Å². The lowest BCUT2D eigenvalue weighted by Crippen LogP contribution is -2.69. The lowest BCUT2D eigenvalue weighted by Gasteiger charge is -2.50. The average molecular weight is 526 g/mol. The molecule has 1 fully saturated rings. The zero-order chi connectivity index (χ0) is 26.3. The summed E-state index contributed by atoms with van der Waals surface area (Å²) < 4.78 is 108. The lowest BCUT2D eigenvalue weighted by molar-refractivity contribution is -0.398. The molecule has 2 aliphatic rings. The fourth-order valence-corrected chi connectivity index (χ4v) is 6.17. The minimum atomic E-state index is -5.99. The second-order valence-electron chi connectivity index (χ2n) is 9.37. The van der Waals surface area contributed by atoms with Crippen molar-refractivity contribution in [3.8, 4) is 0 Å². The molecule has 1 atom stereocenters. The second-order valence-corrected chi connectivity index (χ2v) is 11.7. The maximum Gasteiger partial charge on any atom is 0.427 e. The third-order valence-corrected chi connectivity index (χ3v) is 8.85. The Morgan fingerprint density at radius 3 is 2.09 bits per heavy atom. The average Bonchev–Trinajstić information content (AvgIpc) is 2.77. The Balaban J connectivity index is 2.02. The van der Waals surface area contributed by atoms with Crippen molar-refractivity contribution in [2.75, 3.05) is 25.9 Å². The van der Waals surface area contributed by atoms with Crippen molar-refractivity contribution < 1.29 is 39.9 Å². The summed E-state index contributed by atoms with van der Waals surface area (Å²) in [5.74, 6) is 0. The van der Waals surface area contributed by atoms with E-state index in [1.54, 1.807) is 18.2 Å². The highest BCUT2D eigenvalue weighted by molar-refractivity contribution is 7.91. The van der Waals surface area contributed by atoms with E-state index in [9.17, 15) is 39.9 Å². The minimum Gasteiger partial charge on any atom is -0.373 e. The van der Waals surface area contributed by atoms with Crippen molar-refractivity contribution in [3.63, 3.8) is 0 Å². The molecule has 35 heavy (non-hydrogen) atoms. The van der Waals surface area contributed by atoms with Gasteiger partial charge in [0.1, 0.15) is 9.84 Å². The number of hydrogen-bond donors (Lipinski definition) is 1. The molecule has 1 N–H and O–H groups in total. The molecule has 1 saturated heterocycles. The van der Waals surface area contributed by atoms with Crippen LogP contribution in [0.2, 0.25) is 0 Å². The molecule has 1 aliphatic carbocycles. The SMILES string of the molecule is CCc1ccccc1C1=CCC(CN2CCC(S(C)(=O)=O)CC2)(C(O)(C(F)(F)F)C(F)(F)F)C=C1. The molecule has 1 heterocycles. The molecule has 0 amide bonds. The molecular formula is C24H29F6NO3S. The number of benzene rings is 1. The van der Waals surface area contributed by atoms with Gasteiger partial charge in [0, 0.05) is 12.8 Å². The van der Waals surface area contributed by atoms with Gasteiger partial charge < -0.3 is 10.0 Å². The van der Waals surface area contributed by atoms with Gasteiger partial charge in [-0.15, -0.1) is 0 Å².